The van der Waals surface area contributed by atoms with Crippen molar-refractivity contribution in [3.8, 4) is 22.8 Å². The Hall–Kier alpha value is -2.95. The van der Waals surface area contributed by atoms with Crippen LogP contribution in [0.15, 0.2) is 59.1 Å². The minimum absolute atomic E-state index is 0.0113. The molecule has 1 aromatic heterocycles. The molecule has 27 heavy (non-hydrogen) atoms. The number of likely N-dealkylation sites (tertiary alicyclic amines) is 1. The van der Waals surface area contributed by atoms with Gasteiger partial charge in [-0.15, -0.1) is 0 Å². The fourth-order valence-electron chi connectivity index (χ4n) is 3.58. The first-order valence-electron chi connectivity index (χ1n) is 9.23. The molecule has 1 aliphatic rings. The van der Waals surface area contributed by atoms with Crippen LogP contribution in [-0.2, 0) is 0 Å². The number of halogens is 1. The van der Waals surface area contributed by atoms with Crippen molar-refractivity contribution < 1.29 is 13.6 Å². The van der Waals surface area contributed by atoms with Gasteiger partial charge in [-0.1, -0.05) is 31.2 Å². The van der Waals surface area contributed by atoms with Crippen molar-refractivity contribution in [1.82, 2.24) is 9.88 Å². The number of benzene rings is 2. The fraction of sp³-hybridized carbons (Fsp3) is 0.273. The van der Waals surface area contributed by atoms with E-state index in [4.69, 9.17) is 4.42 Å². The van der Waals surface area contributed by atoms with E-state index in [1.165, 1.54) is 12.3 Å². The molecule has 5 heteroatoms. The Morgan fingerprint density at radius 2 is 1.89 bits per heavy atom. The van der Waals surface area contributed by atoms with Crippen LogP contribution in [0.5, 0.6) is 0 Å². The number of oxazole rings is 1. The Labute approximate surface area is 157 Å². The maximum absolute atomic E-state index is 14.0. The smallest absolute Gasteiger partial charge is 0.254 e. The molecular formula is C22H21FN2O2. The highest BCUT2D eigenvalue weighted by molar-refractivity contribution is 6.00. The van der Waals surface area contributed by atoms with Crippen molar-refractivity contribution in [2.75, 3.05) is 13.1 Å². The summed E-state index contributed by atoms with van der Waals surface area (Å²) < 4.78 is 19.8. The van der Waals surface area contributed by atoms with Crippen molar-refractivity contribution in [2.24, 2.45) is 5.92 Å². The first-order valence-corrected chi connectivity index (χ1v) is 9.23. The summed E-state index contributed by atoms with van der Waals surface area (Å²) in [4.78, 5) is 19.3. The SMILES string of the molecule is C[C@H]1CCCN(C(=O)c2ccccc2-c2ncc(-c3ccccc3F)o2)C1. The van der Waals surface area contributed by atoms with Gasteiger partial charge >= 0.3 is 0 Å². The molecule has 0 spiro atoms. The lowest BCUT2D eigenvalue weighted by Crippen LogP contribution is -2.39. The summed E-state index contributed by atoms with van der Waals surface area (Å²) in [6, 6.07) is 13.7. The van der Waals surface area contributed by atoms with E-state index < -0.39 is 0 Å². The molecule has 0 aliphatic carbocycles. The van der Waals surface area contributed by atoms with E-state index in [2.05, 4.69) is 11.9 Å². The summed E-state index contributed by atoms with van der Waals surface area (Å²) >= 11 is 0. The number of aromatic nitrogens is 1. The lowest BCUT2D eigenvalue weighted by molar-refractivity contribution is 0.0683. The summed E-state index contributed by atoms with van der Waals surface area (Å²) in [7, 11) is 0. The van der Waals surface area contributed by atoms with Gasteiger partial charge in [0.25, 0.3) is 5.91 Å². The molecule has 1 saturated heterocycles. The van der Waals surface area contributed by atoms with Crippen LogP contribution in [0.1, 0.15) is 30.1 Å². The molecule has 2 aromatic carbocycles. The van der Waals surface area contributed by atoms with Crippen LogP contribution in [0.4, 0.5) is 4.39 Å². The predicted octanol–water partition coefficient (Wildman–Crippen LogP) is 5.02. The number of hydrogen-bond acceptors (Lipinski definition) is 3. The topological polar surface area (TPSA) is 46.3 Å². The molecule has 0 saturated carbocycles. The molecule has 0 bridgehead atoms. The quantitative estimate of drug-likeness (QED) is 0.655. The molecule has 138 valence electrons. The van der Waals surface area contributed by atoms with Gasteiger partial charge in [0.15, 0.2) is 5.76 Å². The lowest BCUT2D eigenvalue weighted by atomic mass is 9.98. The summed E-state index contributed by atoms with van der Waals surface area (Å²) in [5, 5.41) is 0. The number of hydrogen-bond donors (Lipinski definition) is 0. The van der Waals surface area contributed by atoms with Crippen LogP contribution in [-0.4, -0.2) is 28.9 Å². The van der Waals surface area contributed by atoms with E-state index in [-0.39, 0.29) is 11.7 Å². The summed E-state index contributed by atoms with van der Waals surface area (Å²) in [5.41, 5.74) is 1.54. The van der Waals surface area contributed by atoms with Crippen molar-refractivity contribution in [1.29, 1.82) is 0 Å². The van der Waals surface area contributed by atoms with Crippen LogP contribution in [0.3, 0.4) is 0 Å². The van der Waals surface area contributed by atoms with E-state index in [0.29, 0.717) is 34.3 Å². The molecule has 1 aliphatic heterocycles. The molecule has 4 nitrogen and oxygen atoms in total. The highest BCUT2D eigenvalue weighted by Gasteiger charge is 2.25. The van der Waals surface area contributed by atoms with Gasteiger partial charge in [0.05, 0.1) is 17.3 Å². The van der Waals surface area contributed by atoms with Gasteiger partial charge in [-0.05, 0) is 43.0 Å². The van der Waals surface area contributed by atoms with Crippen LogP contribution >= 0.6 is 0 Å². The summed E-state index contributed by atoms with van der Waals surface area (Å²) in [6.07, 6.45) is 3.67. The molecule has 1 amide bonds. The van der Waals surface area contributed by atoms with Crippen molar-refractivity contribution >= 4 is 5.91 Å². The van der Waals surface area contributed by atoms with Gasteiger partial charge in [0.2, 0.25) is 5.89 Å². The van der Waals surface area contributed by atoms with Crippen molar-refractivity contribution in [3.63, 3.8) is 0 Å². The van der Waals surface area contributed by atoms with E-state index >= 15 is 0 Å². The molecule has 1 fully saturated rings. The Balaban J connectivity index is 1.68. The highest BCUT2D eigenvalue weighted by atomic mass is 19.1. The van der Waals surface area contributed by atoms with Crippen LogP contribution < -0.4 is 0 Å². The number of rotatable bonds is 3. The Bertz CT molecular complexity index is 966. The first-order chi connectivity index (χ1) is 13.1. The van der Waals surface area contributed by atoms with Crippen molar-refractivity contribution in [3.05, 3.63) is 66.1 Å². The molecular weight excluding hydrogens is 343 g/mol. The van der Waals surface area contributed by atoms with Crippen molar-refractivity contribution in [2.45, 2.75) is 19.8 Å². The standard InChI is InChI=1S/C22H21FN2O2/c1-15-7-6-12-25(14-15)22(26)17-9-3-2-8-16(17)21-24-13-20(27-21)18-10-4-5-11-19(18)23/h2-5,8-11,13,15H,6-7,12,14H2,1H3/t15-/m0/s1. The number of amides is 1. The van der Waals surface area contributed by atoms with Gasteiger partial charge in [-0.25, -0.2) is 9.37 Å². The van der Waals surface area contributed by atoms with Gasteiger partial charge in [-0.2, -0.15) is 0 Å². The monoisotopic (exact) mass is 364 g/mol. The number of carbonyl (C=O) groups is 1. The molecule has 4 rings (SSSR count). The van der Waals surface area contributed by atoms with Gasteiger partial charge in [-0.3, -0.25) is 4.79 Å². The van der Waals surface area contributed by atoms with Gasteiger partial charge < -0.3 is 9.32 Å². The minimum Gasteiger partial charge on any atom is -0.436 e. The lowest BCUT2D eigenvalue weighted by Gasteiger charge is -2.31. The molecule has 1 atom stereocenters. The zero-order valence-electron chi connectivity index (χ0n) is 15.2. The fourth-order valence-corrected chi connectivity index (χ4v) is 3.58. The Morgan fingerprint density at radius 3 is 2.67 bits per heavy atom. The number of piperidine rings is 1. The predicted molar refractivity (Wildman–Crippen MR) is 102 cm³/mol. The second-order valence-corrected chi connectivity index (χ2v) is 7.05. The van der Waals surface area contributed by atoms with E-state index in [9.17, 15) is 9.18 Å². The third-order valence-electron chi connectivity index (χ3n) is 4.98. The average Bonchev–Trinajstić information content (AvgIpc) is 3.17. The molecule has 0 unspecified atom stereocenters. The minimum atomic E-state index is -0.369. The first kappa shape index (κ1) is 17.5. The normalized spacial score (nSPS) is 17.1. The largest absolute Gasteiger partial charge is 0.436 e. The second kappa shape index (κ2) is 7.35. The zero-order valence-corrected chi connectivity index (χ0v) is 15.2. The van der Waals surface area contributed by atoms with E-state index in [0.717, 1.165) is 25.9 Å². The van der Waals surface area contributed by atoms with Crippen LogP contribution in [0.25, 0.3) is 22.8 Å². The number of carbonyl (C=O) groups excluding carboxylic acids is 1. The molecule has 3 aromatic rings. The summed E-state index contributed by atoms with van der Waals surface area (Å²) in [5.74, 6) is 0.790. The molecule has 0 N–H and O–H groups in total. The van der Waals surface area contributed by atoms with Gasteiger partial charge in [0, 0.05) is 18.7 Å². The Kier molecular flexibility index (Phi) is 4.75. The maximum atomic E-state index is 14.0. The maximum Gasteiger partial charge on any atom is 0.254 e. The Morgan fingerprint density at radius 1 is 1.15 bits per heavy atom. The molecule has 0 radical (unpaired) electrons. The van der Waals surface area contributed by atoms with Gasteiger partial charge in [0.1, 0.15) is 5.82 Å². The summed E-state index contributed by atoms with van der Waals surface area (Å²) in [6.45, 7) is 3.70. The highest BCUT2D eigenvalue weighted by Crippen LogP contribution is 2.30. The van der Waals surface area contributed by atoms with E-state index in [1.54, 1.807) is 24.3 Å². The van der Waals surface area contributed by atoms with Crippen LogP contribution in [0, 0.1) is 11.7 Å². The van der Waals surface area contributed by atoms with Crippen LogP contribution in [0.2, 0.25) is 0 Å². The molecule has 2 heterocycles. The average molecular weight is 364 g/mol. The third kappa shape index (κ3) is 3.50. The van der Waals surface area contributed by atoms with E-state index in [1.807, 2.05) is 23.1 Å². The number of nitrogens with zero attached hydrogens (tertiary/aromatic N) is 2. The third-order valence-corrected chi connectivity index (χ3v) is 4.98. The second-order valence-electron chi connectivity index (χ2n) is 7.05. The zero-order chi connectivity index (χ0) is 18.8.